The normalized spacial score (nSPS) is 10.2. The lowest BCUT2D eigenvalue weighted by Crippen LogP contribution is -2.21. The van der Waals surface area contributed by atoms with E-state index in [4.69, 9.17) is 4.74 Å². The number of carbonyl (C=O) groups excluding carboxylic acids is 4. The van der Waals surface area contributed by atoms with Crippen molar-refractivity contribution in [3.8, 4) is 0 Å². The van der Waals surface area contributed by atoms with E-state index >= 15 is 0 Å². The number of Topliss-reactive ketones (excluding diaryl/α,β-unsaturated/α-hetero) is 1. The van der Waals surface area contributed by atoms with Gasteiger partial charge in [-0.3, -0.25) is 14.4 Å². The lowest BCUT2D eigenvalue weighted by molar-refractivity contribution is -0.119. The molecule has 1 aromatic heterocycles. The number of nitrogens with one attached hydrogen (secondary N) is 2. The number of amides is 2. The minimum absolute atomic E-state index is 0.0380. The van der Waals surface area contributed by atoms with Crippen LogP contribution in [0.2, 0.25) is 0 Å². The van der Waals surface area contributed by atoms with Crippen LogP contribution in [-0.2, 0) is 20.7 Å². The molecular weight excluding hydrogens is 382 g/mol. The van der Waals surface area contributed by atoms with Gasteiger partial charge in [-0.15, -0.1) is 11.3 Å². The molecule has 2 aromatic rings. The summed E-state index contributed by atoms with van der Waals surface area (Å²) in [5.41, 5.74) is 1.53. The predicted octanol–water partition coefficient (Wildman–Crippen LogP) is 2.21. The highest BCUT2D eigenvalue weighted by atomic mass is 32.1. The SMILES string of the molecule is CC(=O)NCCCc1ccc(C(=O)COC(=O)c2csc(NC(C)=O)n2)cc1. The highest BCUT2D eigenvalue weighted by Crippen LogP contribution is 2.16. The van der Waals surface area contributed by atoms with Crippen molar-refractivity contribution in [2.45, 2.75) is 26.7 Å². The number of rotatable bonds is 9. The summed E-state index contributed by atoms with van der Waals surface area (Å²) in [5, 5.41) is 6.95. The summed E-state index contributed by atoms with van der Waals surface area (Å²) < 4.78 is 5.00. The number of esters is 1. The zero-order valence-electron chi connectivity index (χ0n) is 15.6. The first-order chi connectivity index (χ1) is 13.3. The molecule has 0 saturated carbocycles. The first kappa shape index (κ1) is 21.2. The van der Waals surface area contributed by atoms with Gasteiger partial charge in [-0.1, -0.05) is 24.3 Å². The zero-order chi connectivity index (χ0) is 20.5. The van der Waals surface area contributed by atoms with E-state index in [1.165, 1.54) is 19.2 Å². The molecule has 0 saturated heterocycles. The third-order valence-corrected chi connectivity index (χ3v) is 4.38. The molecule has 0 radical (unpaired) electrons. The number of ketones is 1. The minimum atomic E-state index is -0.726. The number of hydrogen-bond donors (Lipinski definition) is 2. The number of anilines is 1. The Hall–Kier alpha value is -3.07. The van der Waals surface area contributed by atoms with E-state index in [0.29, 0.717) is 17.2 Å². The summed E-state index contributed by atoms with van der Waals surface area (Å²) in [5.74, 6) is -1.39. The molecule has 0 bridgehead atoms. The maximum atomic E-state index is 12.2. The highest BCUT2D eigenvalue weighted by molar-refractivity contribution is 7.14. The number of benzene rings is 1. The molecule has 148 valence electrons. The molecule has 0 atom stereocenters. The van der Waals surface area contributed by atoms with Gasteiger partial charge in [0.2, 0.25) is 11.8 Å². The fourth-order valence-electron chi connectivity index (χ4n) is 2.28. The van der Waals surface area contributed by atoms with Crippen LogP contribution in [0.5, 0.6) is 0 Å². The van der Waals surface area contributed by atoms with Crippen molar-refractivity contribution in [1.29, 1.82) is 0 Å². The van der Waals surface area contributed by atoms with Gasteiger partial charge >= 0.3 is 5.97 Å². The number of hydrogen-bond acceptors (Lipinski definition) is 7. The van der Waals surface area contributed by atoms with Crippen LogP contribution in [0.3, 0.4) is 0 Å². The molecule has 0 aliphatic rings. The Labute approximate surface area is 166 Å². The Balaban J connectivity index is 1.80. The molecule has 0 fully saturated rings. The summed E-state index contributed by atoms with van der Waals surface area (Å²) >= 11 is 1.10. The van der Waals surface area contributed by atoms with Gasteiger partial charge in [-0.05, 0) is 18.4 Å². The molecule has 0 aliphatic heterocycles. The quantitative estimate of drug-likeness (QED) is 0.377. The lowest BCUT2D eigenvalue weighted by Gasteiger charge is -2.05. The summed E-state index contributed by atoms with van der Waals surface area (Å²) in [6.45, 7) is 3.02. The van der Waals surface area contributed by atoms with Crippen molar-refractivity contribution in [1.82, 2.24) is 10.3 Å². The number of ether oxygens (including phenoxy) is 1. The van der Waals surface area contributed by atoms with Crippen LogP contribution in [-0.4, -0.2) is 41.7 Å². The van der Waals surface area contributed by atoms with E-state index in [2.05, 4.69) is 15.6 Å². The third-order valence-electron chi connectivity index (χ3n) is 3.62. The summed E-state index contributed by atoms with van der Waals surface area (Å²) in [6, 6.07) is 7.04. The van der Waals surface area contributed by atoms with Gasteiger partial charge in [0.1, 0.15) is 0 Å². The van der Waals surface area contributed by atoms with Crippen LogP contribution in [0, 0.1) is 0 Å². The van der Waals surface area contributed by atoms with E-state index in [1.807, 2.05) is 12.1 Å². The summed E-state index contributed by atoms with van der Waals surface area (Å²) in [4.78, 5) is 49.8. The van der Waals surface area contributed by atoms with Crippen LogP contribution in [0.25, 0.3) is 0 Å². The monoisotopic (exact) mass is 403 g/mol. The fourth-order valence-corrected chi connectivity index (χ4v) is 3.00. The molecule has 2 rings (SSSR count). The van der Waals surface area contributed by atoms with Crippen LogP contribution < -0.4 is 10.6 Å². The fraction of sp³-hybridized carbons (Fsp3) is 0.316. The molecule has 2 amide bonds. The third kappa shape index (κ3) is 6.92. The molecule has 9 heteroatoms. The van der Waals surface area contributed by atoms with Gasteiger partial charge < -0.3 is 15.4 Å². The zero-order valence-corrected chi connectivity index (χ0v) is 16.4. The average molecular weight is 403 g/mol. The van der Waals surface area contributed by atoms with Gasteiger partial charge in [0.25, 0.3) is 0 Å². The largest absolute Gasteiger partial charge is 0.453 e. The molecule has 1 heterocycles. The Bertz CT molecular complexity index is 861. The minimum Gasteiger partial charge on any atom is -0.453 e. The van der Waals surface area contributed by atoms with Gasteiger partial charge in [0, 0.05) is 31.3 Å². The van der Waals surface area contributed by atoms with Crippen molar-refractivity contribution in [2.24, 2.45) is 0 Å². The van der Waals surface area contributed by atoms with E-state index in [1.54, 1.807) is 12.1 Å². The molecular formula is C19H21N3O5S. The highest BCUT2D eigenvalue weighted by Gasteiger charge is 2.15. The number of nitrogens with zero attached hydrogens (tertiary/aromatic N) is 1. The molecule has 0 unspecified atom stereocenters. The van der Waals surface area contributed by atoms with Gasteiger partial charge in [-0.2, -0.15) is 0 Å². The van der Waals surface area contributed by atoms with Crippen LogP contribution in [0.15, 0.2) is 29.6 Å². The Morgan fingerprint density at radius 1 is 1.07 bits per heavy atom. The van der Waals surface area contributed by atoms with Gasteiger partial charge in [0.15, 0.2) is 23.2 Å². The van der Waals surface area contributed by atoms with Crippen LogP contribution in [0.1, 0.15) is 46.7 Å². The van der Waals surface area contributed by atoms with Crippen molar-refractivity contribution in [2.75, 3.05) is 18.5 Å². The number of thiazole rings is 1. The van der Waals surface area contributed by atoms with Crippen molar-refractivity contribution >= 4 is 40.0 Å². The van der Waals surface area contributed by atoms with E-state index in [0.717, 1.165) is 29.7 Å². The summed E-state index contributed by atoms with van der Waals surface area (Å²) in [7, 11) is 0. The van der Waals surface area contributed by atoms with Gasteiger partial charge in [0.05, 0.1) is 0 Å². The van der Waals surface area contributed by atoms with Crippen LogP contribution in [0.4, 0.5) is 5.13 Å². The molecule has 8 nitrogen and oxygen atoms in total. The first-order valence-corrected chi connectivity index (χ1v) is 9.50. The topological polar surface area (TPSA) is 114 Å². The maximum Gasteiger partial charge on any atom is 0.358 e. The second kappa shape index (κ2) is 10.3. The Kier molecular flexibility index (Phi) is 7.82. The molecule has 1 aromatic carbocycles. The lowest BCUT2D eigenvalue weighted by atomic mass is 10.1. The van der Waals surface area contributed by atoms with E-state index in [-0.39, 0.29) is 23.3 Å². The molecule has 2 N–H and O–H groups in total. The Morgan fingerprint density at radius 3 is 2.43 bits per heavy atom. The van der Waals surface area contributed by atoms with Crippen molar-refractivity contribution in [3.05, 3.63) is 46.5 Å². The van der Waals surface area contributed by atoms with E-state index < -0.39 is 12.6 Å². The van der Waals surface area contributed by atoms with Gasteiger partial charge in [-0.25, -0.2) is 9.78 Å². The Morgan fingerprint density at radius 2 is 1.79 bits per heavy atom. The number of aryl methyl sites for hydroxylation is 1. The standard InChI is InChI=1S/C19H21N3O5S/c1-12(23)20-9-3-4-14-5-7-15(8-6-14)17(25)10-27-18(26)16-11-28-19(22-16)21-13(2)24/h5-8,11H,3-4,9-10H2,1-2H3,(H,20,23)(H,21,22,24). The molecule has 28 heavy (non-hydrogen) atoms. The first-order valence-electron chi connectivity index (χ1n) is 8.62. The maximum absolute atomic E-state index is 12.2. The molecule has 0 spiro atoms. The van der Waals surface area contributed by atoms with Crippen molar-refractivity contribution < 1.29 is 23.9 Å². The van der Waals surface area contributed by atoms with E-state index in [9.17, 15) is 19.2 Å². The smallest absolute Gasteiger partial charge is 0.358 e. The van der Waals surface area contributed by atoms with Crippen molar-refractivity contribution in [3.63, 3.8) is 0 Å². The van der Waals surface area contributed by atoms with Crippen LogP contribution >= 0.6 is 11.3 Å². The number of carbonyl (C=O) groups is 4. The molecule has 0 aliphatic carbocycles. The second-order valence-electron chi connectivity index (χ2n) is 6.00. The average Bonchev–Trinajstić information content (AvgIpc) is 3.11. The summed E-state index contributed by atoms with van der Waals surface area (Å²) in [6.07, 6.45) is 1.59. The number of aromatic nitrogens is 1. The second-order valence-corrected chi connectivity index (χ2v) is 6.86. The predicted molar refractivity (Wildman–Crippen MR) is 104 cm³/mol.